The number of aromatic nitrogens is 4. The maximum absolute atomic E-state index is 13.0. The molecule has 10 heteroatoms. The number of aromatic amines is 2. The highest BCUT2D eigenvalue weighted by atomic mass is 19.3. The SMILES string of the molecule is Cn1c(=O)[nH]c(=O)c2[nH]c(C(F)(F)C(F)F)nc21. The van der Waals surface area contributed by atoms with Crippen LogP contribution in [0.2, 0.25) is 0 Å². The number of hydrogen-bond acceptors (Lipinski definition) is 3. The van der Waals surface area contributed by atoms with Crippen molar-refractivity contribution in [2.24, 2.45) is 7.05 Å². The predicted octanol–water partition coefficient (Wildman–Crippen LogP) is 0.307. The summed E-state index contributed by atoms with van der Waals surface area (Å²) in [6.45, 7) is 0. The first-order chi connectivity index (χ1) is 8.25. The monoisotopic (exact) mass is 266 g/mol. The van der Waals surface area contributed by atoms with Crippen LogP contribution >= 0.6 is 0 Å². The number of imidazole rings is 1. The Labute approximate surface area is 95.3 Å². The van der Waals surface area contributed by atoms with Gasteiger partial charge in [0.05, 0.1) is 0 Å². The van der Waals surface area contributed by atoms with Crippen LogP contribution in [0.5, 0.6) is 0 Å². The van der Waals surface area contributed by atoms with Crippen LogP contribution in [0.15, 0.2) is 9.59 Å². The molecule has 0 fully saturated rings. The van der Waals surface area contributed by atoms with E-state index in [0.717, 1.165) is 11.6 Å². The van der Waals surface area contributed by atoms with E-state index in [1.165, 1.54) is 0 Å². The van der Waals surface area contributed by atoms with E-state index in [1.807, 2.05) is 9.97 Å². The van der Waals surface area contributed by atoms with Crippen molar-refractivity contribution in [3.63, 3.8) is 0 Å². The molecule has 2 aromatic heterocycles. The molecule has 98 valence electrons. The number of alkyl halides is 4. The van der Waals surface area contributed by atoms with Crippen molar-refractivity contribution in [3.8, 4) is 0 Å². The maximum Gasteiger partial charge on any atom is 0.363 e. The Morgan fingerprint density at radius 2 is 1.89 bits per heavy atom. The zero-order valence-corrected chi connectivity index (χ0v) is 8.80. The second-order valence-electron chi connectivity index (χ2n) is 3.53. The van der Waals surface area contributed by atoms with E-state index in [9.17, 15) is 27.2 Å². The number of hydrogen-bond donors (Lipinski definition) is 2. The van der Waals surface area contributed by atoms with Gasteiger partial charge in [-0.25, -0.2) is 18.6 Å². The third-order valence-electron chi connectivity index (χ3n) is 2.34. The average Bonchev–Trinajstić information content (AvgIpc) is 2.71. The summed E-state index contributed by atoms with van der Waals surface area (Å²) in [4.78, 5) is 29.3. The third kappa shape index (κ3) is 1.60. The van der Waals surface area contributed by atoms with Gasteiger partial charge < -0.3 is 4.98 Å². The lowest BCUT2D eigenvalue weighted by molar-refractivity contribution is -0.140. The summed E-state index contributed by atoms with van der Waals surface area (Å²) in [5.74, 6) is -5.89. The zero-order valence-electron chi connectivity index (χ0n) is 8.80. The molecule has 2 heterocycles. The van der Waals surface area contributed by atoms with Crippen molar-refractivity contribution in [1.82, 2.24) is 19.5 Å². The number of fused-ring (bicyclic) bond motifs is 1. The normalized spacial score (nSPS) is 12.6. The number of halogens is 4. The second kappa shape index (κ2) is 3.68. The van der Waals surface area contributed by atoms with E-state index < -0.39 is 40.6 Å². The molecule has 0 aliphatic rings. The molecular formula is C8H6F4N4O2. The Morgan fingerprint density at radius 3 is 2.44 bits per heavy atom. The van der Waals surface area contributed by atoms with Crippen molar-refractivity contribution in [3.05, 3.63) is 26.7 Å². The van der Waals surface area contributed by atoms with Crippen LogP contribution in [0.1, 0.15) is 5.82 Å². The van der Waals surface area contributed by atoms with Gasteiger partial charge in [0.15, 0.2) is 11.5 Å². The fourth-order valence-corrected chi connectivity index (χ4v) is 1.37. The minimum absolute atomic E-state index is 0.418. The van der Waals surface area contributed by atoms with Crippen molar-refractivity contribution >= 4 is 11.2 Å². The molecule has 0 aliphatic heterocycles. The van der Waals surface area contributed by atoms with E-state index >= 15 is 0 Å². The van der Waals surface area contributed by atoms with Gasteiger partial charge in [-0.1, -0.05) is 0 Å². The second-order valence-corrected chi connectivity index (χ2v) is 3.53. The summed E-state index contributed by atoms with van der Waals surface area (Å²) in [5, 5.41) is 0. The first kappa shape index (κ1) is 12.3. The highest BCUT2D eigenvalue weighted by Gasteiger charge is 2.46. The van der Waals surface area contributed by atoms with Crippen molar-refractivity contribution in [2.45, 2.75) is 12.3 Å². The molecule has 0 spiro atoms. The van der Waals surface area contributed by atoms with Gasteiger partial charge in [-0.2, -0.15) is 8.78 Å². The molecular weight excluding hydrogens is 260 g/mol. The van der Waals surface area contributed by atoms with Crippen LogP contribution in [0.4, 0.5) is 17.6 Å². The van der Waals surface area contributed by atoms with Gasteiger partial charge in [0.25, 0.3) is 5.56 Å². The minimum atomic E-state index is -4.53. The van der Waals surface area contributed by atoms with Crippen molar-refractivity contribution < 1.29 is 17.6 Å². The molecule has 18 heavy (non-hydrogen) atoms. The molecule has 0 aromatic carbocycles. The third-order valence-corrected chi connectivity index (χ3v) is 2.34. The molecule has 0 saturated carbocycles. The van der Waals surface area contributed by atoms with Gasteiger partial charge in [-0.05, 0) is 0 Å². The van der Waals surface area contributed by atoms with E-state index in [4.69, 9.17) is 0 Å². The number of H-pyrrole nitrogens is 2. The van der Waals surface area contributed by atoms with Gasteiger partial charge in [0.1, 0.15) is 5.52 Å². The van der Waals surface area contributed by atoms with Gasteiger partial charge in [-0.15, -0.1) is 0 Å². The average molecular weight is 266 g/mol. The lowest BCUT2D eigenvalue weighted by atomic mass is 10.3. The molecule has 0 saturated heterocycles. The number of nitrogens with one attached hydrogen (secondary N) is 2. The summed E-state index contributed by atoms with van der Waals surface area (Å²) in [5.41, 5.74) is -2.77. The first-order valence-electron chi connectivity index (χ1n) is 4.60. The van der Waals surface area contributed by atoms with Gasteiger partial charge >= 0.3 is 18.0 Å². The summed E-state index contributed by atoms with van der Waals surface area (Å²) in [6, 6.07) is 0. The van der Waals surface area contributed by atoms with Crippen LogP contribution < -0.4 is 11.2 Å². The fourth-order valence-electron chi connectivity index (χ4n) is 1.37. The van der Waals surface area contributed by atoms with E-state index in [-0.39, 0.29) is 0 Å². The summed E-state index contributed by atoms with van der Waals surface area (Å²) < 4.78 is 51.1. The van der Waals surface area contributed by atoms with E-state index in [2.05, 4.69) is 4.98 Å². The molecule has 0 aliphatic carbocycles. The van der Waals surface area contributed by atoms with Gasteiger partial charge in [0, 0.05) is 7.05 Å². The molecule has 6 nitrogen and oxygen atoms in total. The largest absolute Gasteiger partial charge is 0.363 e. The predicted molar refractivity (Wildman–Crippen MR) is 51.9 cm³/mol. The Balaban J connectivity index is 2.80. The lowest BCUT2D eigenvalue weighted by Gasteiger charge is -2.10. The van der Waals surface area contributed by atoms with Crippen molar-refractivity contribution in [1.29, 1.82) is 0 Å². The molecule has 2 aromatic rings. The van der Waals surface area contributed by atoms with Crippen LogP contribution in [0, 0.1) is 0 Å². The quantitative estimate of drug-likeness (QED) is 0.767. The molecule has 0 atom stereocenters. The van der Waals surface area contributed by atoms with E-state index in [1.54, 1.807) is 0 Å². The van der Waals surface area contributed by atoms with Gasteiger partial charge in [0.2, 0.25) is 0 Å². The lowest BCUT2D eigenvalue weighted by Crippen LogP contribution is -2.28. The molecule has 0 amide bonds. The summed E-state index contributed by atoms with van der Waals surface area (Å²) in [6.07, 6.45) is -3.98. The maximum atomic E-state index is 13.0. The molecule has 0 bridgehead atoms. The fraction of sp³-hybridized carbons (Fsp3) is 0.375. The Hall–Kier alpha value is -2.13. The first-order valence-corrected chi connectivity index (χ1v) is 4.60. The standard InChI is InChI=1S/C8H6F4N4O2/c1-16-3-2(4(17)15-7(16)18)13-6(14-3)8(11,12)5(9)10/h5H,1H3,(H,13,14)(H,15,17,18). The Kier molecular flexibility index (Phi) is 2.52. The summed E-state index contributed by atoms with van der Waals surface area (Å²) in [7, 11) is 1.16. The molecule has 0 radical (unpaired) electrons. The summed E-state index contributed by atoms with van der Waals surface area (Å²) >= 11 is 0. The van der Waals surface area contributed by atoms with Crippen LogP contribution in [0.25, 0.3) is 11.2 Å². The Morgan fingerprint density at radius 1 is 1.28 bits per heavy atom. The highest BCUT2D eigenvalue weighted by Crippen LogP contribution is 2.32. The van der Waals surface area contributed by atoms with E-state index in [0.29, 0.717) is 0 Å². The molecule has 0 unspecified atom stereocenters. The highest BCUT2D eigenvalue weighted by molar-refractivity contribution is 5.69. The zero-order chi connectivity index (χ0) is 13.7. The molecule has 2 N–H and O–H groups in total. The number of nitrogens with zero attached hydrogens (tertiary/aromatic N) is 2. The van der Waals surface area contributed by atoms with Crippen LogP contribution in [0.3, 0.4) is 0 Å². The van der Waals surface area contributed by atoms with Crippen LogP contribution in [-0.4, -0.2) is 25.9 Å². The van der Waals surface area contributed by atoms with Crippen LogP contribution in [-0.2, 0) is 13.0 Å². The Bertz CT molecular complexity index is 714. The van der Waals surface area contributed by atoms with Crippen molar-refractivity contribution in [2.75, 3.05) is 0 Å². The van der Waals surface area contributed by atoms with Gasteiger partial charge in [-0.3, -0.25) is 14.3 Å². The number of rotatable bonds is 2. The number of aryl methyl sites for hydroxylation is 1. The molecule has 2 rings (SSSR count). The minimum Gasteiger partial charge on any atom is -0.331 e. The topological polar surface area (TPSA) is 83.5 Å². The smallest absolute Gasteiger partial charge is 0.331 e.